The quantitative estimate of drug-likeness (QED) is 0.0952. The molecule has 1 aliphatic rings. The van der Waals surface area contributed by atoms with Crippen molar-refractivity contribution in [3.8, 4) is 57.0 Å². The molecule has 7 heterocycles. The van der Waals surface area contributed by atoms with E-state index in [2.05, 4.69) is 47.1 Å². The highest BCUT2D eigenvalue weighted by Gasteiger charge is 2.45. The Hall–Kier alpha value is -10.7. The topological polar surface area (TPSA) is 195 Å². The van der Waals surface area contributed by atoms with Gasteiger partial charge in [-0.25, -0.2) is 0 Å². The van der Waals surface area contributed by atoms with E-state index in [9.17, 15) is 4.79 Å². The van der Waals surface area contributed by atoms with E-state index in [1.165, 1.54) is 0 Å². The molecule has 0 unspecified atom stereocenters. The highest BCUT2D eigenvalue weighted by molar-refractivity contribution is 6.02. The van der Waals surface area contributed by atoms with Gasteiger partial charge < -0.3 is 18.9 Å². The Morgan fingerprint density at radius 2 is 1.09 bits per heavy atom. The van der Waals surface area contributed by atoms with Gasteiger partial charge in [-0.2, -0.15) is 24.3 Å². The molecule has 0 radical (unpaired) electrons. The van der Waals surface area contributed by atoms with Crippen LogP contribution in [-0.4, -0.2) is 65.6 Å². The molecule has 0 saturated heterocycles. The molecule has 17 heteroatoms. The van der Waals surface area contributed by atoms with E-state index in [4.69, 9.17) is 29.1 Å². The maximum Gasteiger partial charge on any atom is 0.192 e. The number of Topliss-reactive ketones (excluding diaryl/α,β-unsaturated/α-hetero) is 1. The molecule has 79 heavy (non-hydrogen) atoms. The van der Waals surface area contributed by atoms with E-state index in [1.54, 1.807) is 27.5 Å². The van der Waals surface area contributed by atoms with Crippen LogP contribution in [0.3, 0.4) is 0 Å². The van der Waals surface area contributed by atoms with Gasteiger partial charge in [0.1, 0.15) is 47.7 Å². The summed E-state index contributed by atoms with van der Waals surface area (Å²) in [6.07, 6.45) is 7.01. The number of carbonyl (C=O) groups excluding carboxylic acids is 1. The average Bonchev–Trinajstić information content (AvgIpc) is 3.88. The average molecular weight is 1040 g/mol. The summed E-state index contributed by atoms with van der Waals surface area (Å²) in [7, 11) is 0. The monoisotopic (exact) mass is 1040 g/mol. The fraction of sp³-hybridized carbons (Fsp3) is 0.0968. The number of hydrogen-bond acceptors (Lipinski definition) is 14. The number of carbonyl (C=O) groups is 1. The summed E-state index contributed by atoms with van der Waals surface area (Å²) in [5, 5.41) is 36.4. The van der Waals surface area contributed by atoms with Crippen LogP contribution in [0, 0.1) is 5.41 Å². The van der Waals surface area contributed by atoms with E-state index >= 15 is 0 Å². The highest BCUT2D eigenvalue weighted by Crippen LogP contribution is 2.48. The maximum atomic E-state index is 12.8. The number of nitrogens with zero attached hydrogens (tertiary/aromatic N) is 11. The molecule has 14 rings (SSSR count). The number of benzene rings is 6. The number of ketones is 1. The van der Waals surface area contributed by atoms with Crippen LogP contribution in [-0.2, 0) is 13.2 Å². The Morgan fingerprint density at radius 3 is 1.62 bits per heavy atom. The van der Waals surface area contributed by atoms with Gasteiger partial charge in [0.15, 0.2) is 28.7 Å². The summed E-state index contributed by atoms with van der Waals surface area (Å²) >= 11 is 0. The molecule has 0 atom stereocenters. The van der Waals surface area contributed by atoms with Gasteiger partial charge >= 0.3 is 0 Å². The van der Waals surface area contributed by atoms with Gasteiger partial charge in [-0.15, -0.1) is 20.4 Å². The number of H-pyrrole nitrogens is 1. The summed E-state index contributed by atoms with van der Waals surface area (Å²) in [4.78, 5) is 21.8. The fourth-order valence-corrected chi connectivity index (χ4v) is 9.21. The number of aromatic amines is 1. The van der Waals surface area contributed by atoms with E-state index in [0.717, 1.165) is 73.8 Å². The summed E-state index contributed by atoms with van der Waals surface area (Å²) < 4.78 is 28.0. The number of aromatic nitrogens is 12. The first-order chi connectivity index (χ1) is 38.8. The number of fused-ring (bicyclic) bond motifs is 5. The van der Waals surface area contributed by atoms with Crippen LogP contribution in [0.15, 0.2) is 195 Å². The van der Waals surface area contributed by atoms with Gasteiger partial charge in [0, 0.05) is 68.9 Å². The predicted octanol–water partition coefficient (Wildman–Crippen LogP) is 12.9. The fourth-order valence-electron chi connectivity index (χ4n) is 9.21. The van der Waals surface area contributed by atoms with E-state index in [-0.39, 0.29) is 24.4 Å². The molecule has 0 amide bonds. The number of rotatable bonds is 15. The summed E-state index contributed by atoms with van der Waals surface area (Å²) in [6, 6.07) is 55.8. The largest absolute Gasteiger partial charge is 0.485 e. The second-order valence-corrected chi connectivity index (χ2v) is 19.1. The Balaban J connectivity index is 0.000000150. The second kappa shape index (κ2) is 20.5. The van der Waals surface area contributed by atoms with Crippen molar-refractivity contribution >= 4 is 55.9 Å². The molecule has 6 aromatic carbocycles. The molecular formula is C62H46N12O5. The van der Waals surface area contributed by atoms with Crippen molar-refractivity contribution in [2.24, 2.45) is 5.41 Å². The number of hydrogen-bond donors (Lipinski definition) is 1. The van der Waals surface area contributed by atoms with Crippen LogP contribution in [0.2, 0.25) is 0 Å². The maximum absolute atomic E-state index is 12.8. The first kappa shape index (κ1) is 48.0. The van der Waals surface area contributed by atoms with Crippen molar-refractivity contribution < 1.29 is 23.7 Å². The molecule has 0 aliphatic heterocycles. The van der Waals surface area contributed by atoms with Crippen LogP contribution in [0.5, 0.6) is 34.5 Å². The van der Waals surface area contributed by atoms with Crippen LogP contribution in [0.25, 0.3) is 72.6 Å². The summed E-state index contributed by atoms with van der Waals surface area (Å²) in [5.41, 5.74) is 8.61. The molecular weight excluding hydrogens is 993 g/mol. The minimum atomic E-state index is -0.221. The van der Waals surface area contributed by atoms with Crippen molar-refractivity contribution in [1.82, 2.24) is 59.8 Å². The molecule has 384 valence electrons. The Bertz CT molecular complexity index is 4420. The first-order valence-corrected chi connectivity index (χ1v) is 25.5. The van der Waals surface area contributed by atoms with Gasteiger partial charge in [-0.1, -0.05) is 86.3 Å². The molecule has 17 nitrogen and oxygen atoms in total. The van der Waals surface area contributed by atoms with E-state index in [1.807, 2.05) is 183 Å². The van der Waals surface area contributed by atoms with Gasteiger partial charge in [0.2, 0.25) is 0 Å². The zero-order chi connectivity index (χ0) is 53.3. The standard InChI is InChI=1S/C32H25N5O3.C30H21N7O2/c1-32(15-16-32)31(38)22-8-5-9-23(18-22)40-24-10-11-25-27(19-24)33-17-14-28(25)39-20-30-35-34-29-13-12-26(36-37(29)30)21-6-3-2-4-7-21;1-2-24-22-10-8-21(17-27(22)33-32-24)39-20-9-11-23-26(16-20)31-15-14-28(23)38-18-30-35-34-29-13-12-25(36-37(29)30)19-6-4-3-5-7-19/h2-14,17-19H,15-16,20H2,1H3;2-17H,1,18H2,(H,32,33). The first-order valence-electron chi connectivity index (χ1n) is 25.5. The number of nitrogens with one attached hydrogen (secondary N) is 1. The molecule has 13 aromatic rings. The molecule has 0 spiro atoms. The van der Waals surface area contributed by atoms with Crippen LogP contribution >= 0.6 is 0 Å². The van der Waals surface area contributed by atoms with Crippen LogP contribution < -0.4 is 18.9 Å². The lowest BCUT2D eigenvalue weighted by Crippen LogP contribution is -2.11. The van der Waals surface area contributed by atoms with Gasteiger partial charge in [0.25, 0.3) is 0 Å². The zero-order valence-electron chi connectivity index (χ0n) is 42.5. The second-order valence-electron chi connectivity index (χ2n) is 19.1. The molecule has 1 N–H and O–H groups in total. The third kappa shape index (κ3) is 9.90. The third-order valence-corrected chi connectivity index (χ3v) is 13.7. The zero-order valence-corrected chi connectivity index (χ0v) is 42.5. The van der Waals surface area contributed by atoms with E-state index < -0.39 is 0 Å². The van der Waals surface area contributed by atoms with Gasteiger partial charge in [-0.3, -0.25) is 19.9 Å². The van der Waals surface area contributed by atoms with Crippen molar-refractivity contribution in [2.45, 2.75) is 33.0 Å². The van der Waals surface area contributed by atoms with Crippen LogP contribution in [0.4, 0.5) is 0 Å². The van der Waals surface area contributed by atoms with Crippen molar-refractivity contribution in [2.75, 3.05) is 0 Å². The van der Waals surface area contributed by atoms with Crippen molar-refractivity contribution in [1.29, 1.82) is 0 Å². The number of pyridine rings is 2. The lowest BCUT2D eigenvalue weighted by molar-refractivity contribution is 0.0912. The Labute approximate surface area is 450 Å². The Morgan fingerprint density at radius 1 is 0.570 bits per heavy atom. The van der Waals surface area contributed by atoms with Gasteiger partial charge in [0.05, 0.1) is 33.6 Å². The highest BCUT2D eigenvalue weighted by atomic mass is 16.5. The van der Waals surface area contributed by atoms with Crippen molar-refractivity contribution in [3.05, 3.63) is 218 Å². The summed E-state index contributed by atoms with van der Waals surface area (Å²) in [5.74, 6) is 5.30. The minimum absolute atomic E-state index is 0.173. The predicted molar refractivity (Wildman–Crippen MR) is 299 cm³/mol. The minimum Gasteiger partial charge on any atom is -0.485 e. The molecule has 7 aromatic heterocycles. The SMILES string of the molecule is C=Cc1n[nH]c2cc(Oc3ccc4c(OCc5nnc6ccc(-c7ccccc7)nn56)ccnc4c3)ccc12.CC1(C(=O)c2cccc(Oc3ccc4c(OCc5nnc6ccc(-c7ccccc7)nn56)ccnc4c3)c2)CC1. The molecule has 1 saturated carbocycles. The normalized spacial score (nSPS) is 12.6. The third-order valence-electron chi connectivity index (χ3n) is 13.7. The number of ether oxygens (including phenoxy) is 4. The lowest BCUT2D eigenvalue weighted by atomic mass is 9.97. The lowest BCUT2D eigenvalue weighted by Gasteiger charge is -2.12. The van der Waals surface area contributed by atoms with Gasteiger partial charge in [-0.05, 0) is 104 Å². The summed E-state index contributed by atoms with van der Waals surface area (Å²) in [6.45, 7) is 6.19. The molecule has 1 aliphatic carbocycles. The van der Waals surface area contributed by atoms with E-state index in [0.29, 0.717) is 63.0 Å². The molecule has 0 bridgehead atoms. The van der Waals surface area contributed by atoms with Crippen molar-refractivity contribution in [3.63, 3.8) is 0 Å². The smallest absolute Gasteiger partial charge is 0.192 e. The van der Waals surface area contributed by atoms with Crippen LogP contribution in [0.1, 0.15) is 47.5 Å². The Kier molecular flexibility index (Phi) is 12.4. The molecule has 1 fully saturated rings.